The summed E-state index contributed by atoms with van der Waals surface area (Å²) in [7, 11) is 0. The molecule has 0 fully saturated rings. The minimum Gasteiger partial charge on any atom is -0.466 e. The van der Waals surface area contributed by atoms with Crippen LogP contribution in [0.4, 0.5) is 4.39 Å². The zero-order chi connectivity index (χ0) is 17.0. The first-order valence-corrected chi connectivity index (χ1v) is 8.57. The van der Waals surface area contributed by atoms with Gasteiger partial charge in [-0.15, -0.1) is 0 Å². The number of carbonyl (C=O) groups is 1. The van der Waals surface area contributed by atoms with Crippen LogP contribution >= 0.6 is 43.5 Å². The first kappa shape index (κ1) is 18.2. The standard InChI is InChI=1S/C16H12Br2ClFO3/c1-9(21)22-5-4-10-2-3-14(19)16(15(10)20)23-13-7-11(17)6-12(18)8-13/h2-3,6-8H,4-5H2,1H3. The van der Waals surface area contributed by atoms with E-state index in [-0.39, 0.29) is 23.8 Å². The van der Waals surface area contributed by atoms with Crippen molar-refractivity contribution in [2.75, 3.05) is 6.61 Å². The van der Waals surface area contributed by atoms with Crippen LogP contribution in [0.2, 0.25) is 5.02 Å². The Morgan fingerprint density at radius 2 is 1.87 bits per heavy atom. The van der Waals surface area contributed by atoms with Gasteiger partial charge in [-0.05, 0) is 29.8 Å². The lowest BCUT2D eigenvalue weighted by atomic mass is 10.1. The maximum absolute atomic E-state index is 14.6. The van der Waals surface area contributed by atoms with Gasteiger partial charge in [0.1, 0.15) is 5.75 Å². The highest BCUT2D eigenvalue weighted by Crippen LogP contribution is 2.36. The van der Waals surface area contributed by atoms with Gasteiger partial charge in [-0.1, -0.05) is 49.5 Å². The van der Waals surface area contributed by atoms with Gasteiger partial charge in [-0.3, -0.25) is 4.79 Å². The molecule has 0 radical (unpaired) electrons. The van der Waals surface area contributed by atoms with Gasteiger partial charge in [-0.2, -0.15) is 0 Å². The van der Waals surface area contributed by atoms with Crippen molar-refractivity contribution in [1.82, 2.24) is 0 Å². The third-order valence-electron chi connectivity index (χ3n) is 2.86. The van der Waals surface area contributed by atoms with E-state index in [1.54, 1.807) is 24.3 Å². The normalized spacial score (nSPS) is 10.5. The summed E-state index contributed by atoms with van der Waals surface area (Å²) in [5, 5.41) is 0.162. The highest BCUT2D eigenvalue weighted by molar-refractivity contribution is 9.11. The smallest absolute Gasteiger partial charge is 0.302 e. The van der Waals surface area contributed by atoms with Crippen LogP contribution in [0.5, 0.6) is 11.5 Å². The maximum Gasteiger partial charge on any atom is 0.302 e. The largest absolute Gasteiger partial charge is 0.466 e. The van der Waals surface area contributed by atoms with Crippen LogP contribution in [-0.2, 0) is 16.0 Å². The molecule has 0 heterocycles. The summed E-state index contributed by atoms with van der Waals surface area (Å²) in [6.45, 7) is 1.40. The van der Waals surface area contributed by atoms with E-state index in [0.717, 1.165) is 8.95 Å². The molecule has 0 atom stereocenters. The summed E-state index contributed by atoms with van der Waals surface area (Å²) in [6, 6.07) is 8.33. The van der Waals surface area contributed by atoms with E-state index in [1.165, 1.54) is 6.92 Å². The molecule has 0 aliphatic heterocycles. The Hall–Kier alpha value is -1.11. The molecule has 2 rings (SSSR count). The van der Waals surface area contributed by atoms with Gasteiger partial charge in [0.2, 0.25) is 0 Å². The highest BCUT2D eigenvalue weighted by Gasteiger charge is 2.15. The number of hydrogen-bond acceptors (Lipinski definition) is 3. The van der Waals surface area contributed by atoms with Gasteiger partial charge in [0.05, 0.1) is 11.6 Å². The van der Waals surface area contributed by atoms with Gasteiger partial charge in [0.25, 0.3) is 0 Å². The summed E-state index contributed by atoms with van der Waals surface area (Å²) < 4.78 is 26.6. The Morgan fingerprint density at radius 1 is 1.22 bits per heavy atom. The van der Waals surface area contributed by atoms with Crippen LogP contribution in [0, 0.1) is 5.82 Å². The lowest BCUT2D eigenvalue weighted by Gasteiger charge is -2.12. The Labute approximate surface area is 155 Å². The number of ether oxygens (including phenoxy) is 2. The first-order chi connectivity index (χ1) is 10.9. The number of benzene rings is 2. The Bertz CT molecular complexity index is 717. The van der Waals surface area contributed by atoms with Crippen molar-refractivity contribution < 1.29 is 18.7 Å². The predicted octanol–water partition coefficient (Wildman–Crippen LogP) is 5.90. The molecule has 7 heteroatoms. The molecule has 122 valence electrons. The van der Waals surface area contributed by atoms with E-state index in [1.807, 2.05) is 6.07 Å². The molecule has 0 unspecified atom stereocenters. The summed E-state index contributed by atoms with van der Waals surface area (Å²) >= 11 is 12.7. The molecule has 0 spiro atoms. The Kier molecular flexibility index (Phi) is 6.44. The predicted molar refractivity (Wildman–Crippen MR) is 93.7 cm³/mol. The zero-order valence-electron chi connectivity index (χ0n) is 12.0. The number of carbonyl (C=O) groups excluding carboxylic acids is 1. The topological polar surface area (TPSA) is 35.5 Å². The van der Waals surface area contributed by atoms with Crippen LogP contribution in [0.25, 0.3) is 0 Å². The third-order valence-corrected chi connectivity index (χ3v) is 4.08. The van der Waals surface area contributed by atoms with Gasteiger partial charge in [-0.25, -0.2) is 4.39 Å². The van der Waals surface area contributed by atoms with Crippen molar-refractivity contribution in [3.05, 3.63) is 55.7 Å². The highest BCUT2D eigenvalue weighted by atomic mass is 79.9. The monoisotopic (exact) mass is 464 g/mol. The SMILES string of the molecule is CC(=O)OCCc1ccc(Cl)c(Oc2cc(Br)cc(Br)c2)c1F. The summed E-state index contributed by atoms with van der Waals surface area (Å²) in [5.41, 5.74) is 0.361. The van der Waals surface area contributed by atoms with Crippen molar-refractivity contribution in [3.63, 3.8) is 0 Å². The second-order valence-electron chi connectivity index (χ2n) is 4.65. The molecule has 2 aromatic rings. The van der Waals surface area contributed by atoms with Crippen LogP contribution in [0.15, 0.2) is 39.3 Å². The van der Waals surface area contributed by atoms with Crippen molar-refractivity contribution in [2.24, 2.45) is 0 Å². The Balaban J connectivity index is 2.25. The van der Waals surface area contributed by atoms with Gasteiger partial charge in [0.15, 0.2) is 11.6 Å². The van der Waals surface area contributed by atoms with E-state index in [9.17, 15) is 9.18 Å². The maximum atomic E-state index is 14.6. The molecule has 2 aromatic carbocycles. The van der Waals surface area contributed by atoms with Crippen LogP contribution in [0.1, 0.15) is 12.5 Å². The fourth-order valence-corrected chi connectivity index (χ4v) is 3.31. The van der Waals surface area contributed by atoms with E-state index in [0.29, 0.717) is 11.3 Å². The molecule has 0 saturated carbocycles. The summed E-state index contributed by atoms with van der Waals surface area (Å²) in [4.78, 5) is 10.8. The van der Waals surface area contributed by atoms with Crippen molar-refractivity contribution >= 4 is 49.4 Å². The number of esters is 1. The zero-order valence-corrected chi connectivity index (χ0v) is 16.0. The van der Waals surface area contributed by atoms with Gasteiger partial charge in [0, 0.05) is 22.3 Å². The summed E-state index contributed by atoms with van der Waals surface area (Å²) in [5.74, 6) is -0.600. The molecule has 0 amide bonds. The number of halogens is 4. The quantitative estimate of drug-likeness (QED) is 0.515. The molecule has 0 aliphatic carbocycles. The number of hydrogen-bond donors (Lipinski definition) is 0. The van der Waals surface area contributed by atoms with Gasteiger partial charge < -0.3 is 9.47 Å². The second-order valence-corrected chi connectivity index (χ2v) is 6.89. The van der Waals surface area contributed by atoms with E-state index in [2.05, 4.69) is 31.9 Å². The average Bonchev–Trinajstić information content (AvgIpc) is 2.44. The van der Waals surface area contributed by atoms with E-state index in [4.69, 9.17) is 21.1 Å². The molecule has 0 aliphatic rings. The first-order valence-electron chi connectivity index (χ1n) is 6.61. The number of rotatable bonds is 5. The second kappa shape index (κ2) is 8.13. The molecule has 0 saturated heterocycles. The molecule has 3 nitrogen and oxygen atoms in total. The van der Waals surface area contributed by atoms with Crippen molar-refractivity contribution in [1.29, 1.82) is 0 Å². The fraction of sp³-hybridized carbons (Fsp3) is 0.188. The fourth-order valence-electron chi connectivity index (χ4n) is 1.87. The molecular formula is C16H12Br2ClFO3. The average molecular weight is 467 g/mol. The lowest BCUT2D eigenvalue weighted by molar-refractivity contribution is -0.140. The van der Waals surface area contributed by atoms with Crippen molar-refractivity contribution in [3.8, 4) is 11.5 Å². The lowest BCUT2D eigenvalue weighted by Crippen LogP contribution is -2.05. The van der Waals surface area contributed by atoms with E-state index < -0.39 is 11.8 Å². The van der Waals surface area contributed by atoms with Crippen LogP contribution < -0.4 is 4.74 Å². The molecular weight excluding hydrogens is 454 g/mol. The van der Waals surface area contributed by atoms with Crippen LogP contribution in [-0.4, -0.2) is 12.6 Å². The molecule has 0 N–H and O–H groups in total. The minimum absolute atomic E-state index is 0.0583. The van der Waals surface area contributed by atoms with Crippen molar-refractivity contribution in [2.45, 2.75) is 13.3 Å². The molecule has 23 heavy (non-hydrogen) atoms. The molecule has 0 aromatic heterocycles. The van der Waals surface area contributed by atoms with Gasteiger partial charge >= 0.3 is 5.97 Å². The molecule has 0 bridgehead atoms. The Morgan fingerprint density at radius 3 is 2.48 bits per heavy atom. The third kappa shape index (κ3) is 5.19. The van der Waals surface area contributed by atoms with E-state index >= 15 is 0 Å². The summed E-state index contributed by atoms with van der Waals surface area (Å²) in [6.07, 6.45) is 0.237. The van der Waals surface area contributed by atoms with Crippen LogP contribution in [0.3, 0.4) is 0 Å². The minimum atomic E-state index is -0.569.